The number of rotatable bonds is 9. The lowest BCUT2D eigenvalue weighted by molar-refractivity contribution is 1.27. The van der Waals surface area contributed by atoms with Gasteiger partial charge in [-0.25, -0.2) is 9.97 Å². The van der Waals surface area contributed by atoms with E-state index in [1.54, 1.807) is 0 Å². The van der Waals surface area contributed by atoms with Crippen molar-refractivity contribution in [2.24, 2.45) is 0 Å². The van der Waals surface area contributed by atoms with Gasteiger partial charge in [-0.1, -0.05) is 200 Å². The summed E-state index contributed by atoms with van der Waals surface area (Å²) in [6.45, 7) is 0. The summed E-state index contributed by atoms with van der Waals surface area (Å²) in [6.07, 6.45) is 0. The average Bonchev–Trinajstić information content (AvgIpc) is 3.33. The van der Waals surface area contributed by atoms with Gasteiger partial charge in [0.15, 0.2) is 0 Å². The molecule has 0 spiro atoms. The first-order valence-corrected chi connectivity index (χ1v) is 20.0. The number of hydrogen-bond donors (Lipinski definition) is 0. The summed E-state index contributed by atoms with van der Waals surface area (Å²) in [5, 5.41) is 0. The quantitative estimate of drug-likeness (QED) is 0.147. The first-order chi connectivity index (χ1) is 29.3. The number of anilines is 3. The largest absolute Gasteiger partial charge is 0.309 e. The van der Waals surface area contributed by atoms with Crippen molar-refractivity contribution < 1.29 is 0 Å². The highest BCUT2D eigenvalue weighted by Crippen LogP contribution is 2.47. The van der Waals surface area contributed by atoms with Crippen molar-refractivity contribution in [1.82, 2.24) is 9.97 Å². The molecule has 278 valence electrons. The summed E-state index contributed by atoms with van der Waals surface area (Å²) in [6, 6.07) is 83.7. The van der Waals surface area contributed by atoms with Gasteiger partial charge >= 0.3 is 0 Å². The van der Waals surface area contributed by atoms with Gasteiger partial charge in [0, 0.05) is 27.9 Å². The Morgan fingerprint density at radius 3 is 0.983 bits per heavy atom. The number of nitrogens with zero attached hydrogens (tertiary/aromatic N) is 3. The van der Waals surface area contributed by atoms with Crippen LogP contribution in [0.5, 0.6) is 0 Å². The molecule has 0 N–H and O–H groups in total. The number of fused-ring (bicyclic) bond motifs is 1. The monoisotopic (exact) mass is 753 g/mol. The van der Waals surface area contributed by atoms with E-state index >= 15 is 0 Å². The molecule has 0 aliphatic heterocycles. The fourth-order valence-corrected chi connectivity index (χ4v) is 7.95. The second-order valence-corrected chi connectivity index (χ2v) is 14.6. The van der Waals surface area contributed by atoms with E-state index in [-0.39, 0.29) is 0 Å². The van der Waals surface area contributed by atoms with Crippen LogP contribution < -0.4 is 4.90 Å². The minimum atomic E-state index is 0.847. The molecule has 0 amide bonds. The molecule has 0 aliphatic carbocycles. The van der Waals surface area contributed by atoms with Crippen molar-refractivity contribution in [2.45, 2.75) is 0 Å². The van der Waals surface area contributed by atoms with Crippen molar-refractivity contribution in [2.75, 3.05) is 4.90 Å². The number of aromatic nitrogens is 2. The molecule has 0 atom stereocenters. The highest BCUT2D eigenvalue weighted by molar-refractivity contribution is 5.97. The van der Waals surface area contributed by atoms with Crippen LogP contribution in [-0.2, 0) is 0 Å². The average molecular weight is 754 g/mol. The summed E-state index contributed by atoms with van der Waals surface area (Å²) in [5.41, 5.74) is 17.8. The molecule has 59 heavy (non-hydrogen) atoms. The van der Waals surface area contributed by atoms with Crippen LogP contribution in [0.4, 0.5) is 17.1 Å². The van der Waals surface area contributed by atoms with E-state index in [9.17, 15) is 0 Å². The Balaban J connectivity index is 1.23. The molecule has 0 unspecified atom stereocenters. The van der Waals surface area contributed by atoms with Crippen LogP contribution in [0.15, 0.2) is 237 Å². The third-order valence-corrected chi connectivity index (χ3v) is 10.9. The Bertz CT molecular complexity index is 2880. The molecule has 0 saturated heterocycles. The molecule has 0 fully saturated rings. The summed E-state index contributed by atoms with van der Waals surface area (Å²) < 4.78 is 0. The predicted molar refractivity (Wildman–Crippen MR) is 247 cm³/mol. The van der Waals surface area contributed by atoms with E-state index in [0.717, 1.165) is 95.1 Å². The second kappa shape index (κ2) is 15.9. The summed E-state index contributed by atoms with van der Waals surface area (Å²) in [7, 11) is 0. The first-order valence-electron chi connectivity index (χ1n) is 20.0. The van der Waals surface area contributed by atoms with Crippen LogP contribution in [0.1, 0.15) is 0 Å². The fourth-order valence-electron chi connectivity index (χ4n) is 7.95. The Kier molecular flexibility index (Phi) is 9.59. The lowest BCUT2D eigenvalue weighted by Gasteiger charge is -2.31. The van der Waals surface area contributed by atoms with Crippen molar-refractivity contribution in [1.29, 1.82) is 0 Å². The zero-order valence-corrected chi connectivity index (χ0v) is 32.4. The molecular formula is C56H39N3. The molecule has 10 rings (SSSR count). The van der Waals surface area contributed by atoms with E-state index < -0.39 is 0 Å². The van der Waals surface area contributed by atoms with E-state index in [0.29, 0.717) is 0 Å². The van der Waals surface area contributed by atoms with Gasteiger partial charge in [-0.15, -0.1) is 0 Å². The molecule has 3 nitrogen and oxygen atoms in total. The number of hydrogen-bond acceptors (Lipinski definition) is 3. The fraction of sp³-hybridized carbons (Fsp3) is 0. The summed E-state index contributed by atoms with van der Waals surface area (Å²) >= 11 is 0. The van der Waals surface area contributed by atoms with Crippen LogP contribution in [0.3, 0.4) is 0 Å². The first kappa shape index (κ1) is 35.5. The van der Waals surface area contributed by atoms with Crippen molar-refractivity contribution >= 4 is 28.1 Å². The topological polar surface area (TPSA) is 29.0 Å². The molecule has 10 aromatic rings. The molecule has 0 aliphatic rings. The zero-order chi connectivity index (χ0) is 39.4. The molecule has 3 heteroatoms. The maximum absolute atomic E-state index is 5.23. The number of benzene rings is 9. The molecule has 1 heterocycles. The molecule has 0 radical (unpaired) electrons. The Morgan fingerprint density at radius 1 is 0.254 bits per heavy atom. The SMILES string of the molecule is c1ccc(-c2ccc(-c3ccccc3)c(N(c3ccc(-c4nc5ccccc5nc4-c4ccccc4)cc3)c3cc(-c4ccccc4)ccc3-c3ccccc3)c2)cc1. The van der Waals surface area contributed by atoms with Gasteiger partial charge in [-0.2, -0.15) is 0 Å². The van der Waals surface area contributed by atoms with Gasteiger partial charge in [-0.3, -0.25) is 0 Å². The van der Waals surface area contributed by atoms with Gasteiger partial charge in [0.05, 0.1) is 33.8 Å². The lowest BCUT2D eigenvalue weighted by Crippen LogP contribution is -2.13. The smallest absolute Gasteiger partial charge is 0.0973 e. The van der Waals surface area contributed by atoms with Crippen molar-refractivity contribution in [3.05, 3.63) is 237 Å². The number of para-hydroxylation sites is 2. The van der Waals surface area contributed by atoms with Crippen LogP contribution in [0.25, 0.3) is 78.1 Å². The Morgan fingerprint density at radius 2 is 0.576 bits per heavy atom. The third-order valence-electron chi connectivity index (χ3n) is 10.9. The van der Waals surface area contributed by atoms with Crippen LogP contribution in [0, 0.1) is 0 Å². The minimum absolute atomic E-state index is 0.847. The van der Waals surface area contributed by atoms with Crippen LogP contribution >= 0.6 is 0 Å². The van der Waals surface area contributed by atoms with Gasteiger partial charge in [0.2, 0.25) is 0 Å². The van der Waals surface area contributed by atoms with E-state index in [2.05, 4.69) is 211 Å². The van der Waals surface area contributed by atoms with Crippen LogP contribution in [0.2, 0.25) is 0 Å². The van der Waals surface area contributed by atoms with E-state index in [4.69, 9.17) is 9.97 Å². The lowest BCUT2D eigenvalue weighted by atomic mass is 9.94. The van der Waals surface area contributed by atoms with E-state index in [1.165, 1.54) is 0 Å². The summed E-state index contributed by atoms with van der Waals surface area (Å²) in [4.78, 5) is 12.8. The molecule has 1 aromatic heterocycles. The maximum Gasteiger partial charge on any atom is 0.0973 e. The molecule has 0 bridgehead atoms. The third kappa shape index (κ3) is 7.18. The van der Waals surface area contributed by atoms with Gasteiger partial charge in [0.1, 0.15) is 0 Å². The molecule has 0 saturated carbocycles. The summed E-state index contributed by atoms with van der Waals surface area (Å²) in [5.74, 6) is 0. The normalized spacial score (nSPS) is 11.1. The van der Waals surface area contributed by atoms with Crippen molar-refractivity contribution in [3.63, 3.8) is 0 Å². The van der Waals surface area contributed by atoms with Gasteiger partial charge in [-0.05, 0) is 69.8 Å². The Labute approximate surface area is 345 Å². The van der Waals surface area contributed by atoms with Crippen LogP contribution in [-0.4, -0.2) is 9.97 Å². The molecular weight excluding hydrogens is 715 g/mol. The maximum atomic E-state index is 5.23. The standard InChI is InChI=1S/C56H39N3/c1-6-18-40(19-7-1)46-32-36-49(42-22-10-3-11-23-42)53(38-46)59(54-39-47(41-20-8-2-9-21-41)33-37-50(54)43-24-12-4-13-25-43)48-34-30-45(31-35-48)56-55(44-26-14-5-15-27-44)57-51-28-16-17-29-52(51)58-56/h1-39H. The second-order valence-electron chi connectivity index (χ2n) is 14.6. The predicted octanol–water partition coefficient (Wildman–Crippen LogP) is 15.1. The Hall–Kier alpha value is -7.88. The van der Waals surface area contributed by atoms with Crippen molar-refractivity contribution in [3.8, 4) is 67.0 Å². The minimum Gasteiger partial charge on any atom is -0.309 e. The van der Waals surface area contributed by atoms with Gasteiger partial charge < -0.3 is 4.90 Å². The molecule has 9 aromatic carbocycles. The highest BCUT2D eigenvalue weighted by Gasteiger charge is 2.23. The highest BCUT2D eigenvalue weighted by atomic mass is 15.1. The van der Waals surface area contributed by atoms with Gasteiger partial charge in [0.25, 0.3) is 0 Å². The zero-order valence-electron chi connectivity index (χ0n) is 32.4. The van der Waals surface area contributed by atoms with E-state index in [1.807, 2.05) is 30.3 Å².